The smallest absolute Gasteiger partial charge is 0.217 e. The average molecular weight is 230 g/mol. The van der Waals surface area contributed by atoms with E-state index in [0.29, 0.717) is 11.3 Å². The molecule has 17 heavy (non-hydrogen) atoms. The van der Waals surface area contributed by atoms with Gasteiger partial charge in [-0.05, 0) is 18.2 Å². The molecule has 0 spiro atoms. The van der Waals surface area contributed by atoms with Crippen molar-refractivity contribution in [3.05, 3.63) is 53.7 Å². The molecule has 1 aromatic carbocycles. The molecule has 2 nitrogen and oxygen atoms in total. The average Bonchev–Trinajstić information content (AvgIpc) is 2.32. The van der Waals surface area contributed by atoms with E-state index >= 15 is 0 Å². The van der Waals surface area contributed by atoms with Crippen molar-refractivity contribution in [1.29, 1.82) is 5.26 Å². The summed E-state index contributed by atoms with van der Waals surface area (Å²) in [5, 5.41) is 8.47. The maximum atomic E-state index is 13.5. The molecule has 0 radical (unpaired) electrons. The predicted molar refractivity (Wildman–Crippen MR) is 58.9 cm³/mol. The minimum atomic E-state index is -0.687. The monoisotopic (exact) mass is 230 g/mol. The Balaban J connectivity index is 2.42. The highest BCUT2D eigenvalue weighted by Crippen LogP contribution is 2.19. The van der Waals surface area contributed by atoms with Gasteiger partial charge in [0.1, 0.15) is 5.82 Å². The zero-order valence-electron chi connectivity index (χ0n) is 8.82. The third-order valence-electron chi connectivity index (χ3n) is 2.32. The minimum absolute atomic E-state index is 0.0255. The van der Waals surface area contributed by atoms with Gasteiger partial charge in [-0.25, -0.2) is 9.37 Å². The normalized spacial score (nSPS) is 9.94. The van der Waals surface area contributed by atoms with Gasteiger partial charge < -0.3 is 0 Å². The van der Waals surface area contributed by atoms with E-state index in [9.17, 15) is 8.78 Å². The minimum Gasteiger partial charge on any atom is -0.219 e. The van der Waals surface area contributed by atoms with Crippen molar-refractivity contribution in [2.75, 3.05) is 0 Å². The van der Waals surface area contributed by atoms with Crippen LogP contribution in [-0.4, -0.2) is 4.98 Å². The zero-order chi connectivity index (χ0) is 12.3. The van der Waals surface area contributed by atoms with Crippen LogP contribution in [0.4, 0.5) is 8.78 Å². The number of nitriles is 1. The number of nitrogens with zero attached hydrogens (tertiary/aromatic N) is 2. The fourth-order valence-electron chi connectivity index (χ4n) is 1.49. The first kappa shape index (κ1) is 11.2. The number of rotatable bonds is 2. The zero-order valence-corrected chi connectivity index (χ0v) is 8.82. The van der Waals surface area contributed by atoms with Crippen molar-refractivity contribution in [3.8, 4) is 17.3 Å². The first-order chi connectivity index (χ1) is 8.20. The molecule has 1 aromatic heterocycles. The Hall–Kier alpha value is -2.28. The largest absolute Gasteiger partial charge is 0.219 e. The second-order valence-corrected chi connectivity index (χ2v) is 3.49. The SMILES string of the molecule is N#CCc1ccc(-c2cccc(F)c2)nc1F. The molecular weight excluding hydrogens is 222 g/mol. The van der Waals surface area contributed by atoms with Crippen LogP contribution >= 0.6 is 0 Å². The molecule has 0 bridgehead atoms. The van der Waals surface area contributed by atoms with Crippen LogP contribution in [0.3, 0.4) is 0 Å². The van der Waals surface area contributed by atoms with Crippen molar-refractivity contribution in [2.45, 2.75) is 6.42 Å². The highest BCUT2D eigenvalue weighted by molar-refractivity contribution is 5.59. The molecule has 0 amide bonds. The molecule has 0 unspecified atom stereocenters. The summed E-state index contributed by atoms with van der Waals surface area (Å²) in [6, 6.07) is 10.7. The molecule has 0 N–H and O–H groups in total. The predicted octanol–water partition coefficient (Wildman–Crippen LogP) is 3.09. The van der Waals surface area contributed by atoms with Crippen molar-refractivity contribution < 1.29 is 8.78 Å². The number of benzene rings is 1. The van der Waals surface area contributed by atoms with E-state index in [1.807, 2.05) is 6.07 Å². The van der Waals surface area contributed by atoms with Gasteiger partial charge in [0, 0.05) is 11.1 Å². The van der Waals surface area contributed by atoms with Gasteiger partial charge in [-0.2, -0.15) is 9.65 Å². The highest BCUT2D eigenvalue weighted by atomic mass is 19.1. The number of aromatic nitrogens is 1. The molecule has 0 fully saturated rings. The molecule has 1 heterocycles. The van der Waals surface area contributed by atoms with E-state index in [1.54, 1.807) is 12.1 Å². The van der Waals surface area contributed by atoms with Crippen LogP contribution in [0.15, 0.2) is 36.4 Å². The fourth-order valence-corrected chi connectivity index (χ4v) is 1.49. The molecule has 84 valence electrons. The van der Waals surface area contributed by atoms with E-state index < -0.39 is 11.8 Å². The van der Waals surface area contributed by atoms with E-state index in [0.717, 1.165) is 0 Å². The Morgan fingerprint density at radius 2 is 2.00 bits per heavy atom. The third kappa shape index (κ3) is 2.45. The molecule has 0 aliphatic rings. The van der Waals surface area contributed by atoms with Gasteiger partial charge in [0.05, 0.1) is 18.2 Å². The van der Waals surface area contributed by atoms with E-state index in [2.05, 4.69) is 4.98 Å². The lowest BCUT2D eigenvalue weighted by molar-refractivity contribution is 0.572. The lowest BCUT2D eigenvalue weighted by Crippen LogP contribution is -1.95. The lowest BCUT2D eigenvalue weighted by Gasteiger charge is -2.03. The molecule has 0 saturated carbocycles. The summed E-state index contributed by atoms with van der Waals surface area (Å²) in [6.07, 6.45) is -0.0255. The topological polar surface area (TPSA) is 36.7 Å². The summed E-state index contributed by atoms with van der Waals surface area (Å²) < 4.78 is 26.5. The summed E-state index contributed by atoms with van der Waals surface area (Å²) in [7, 11) is 0. The third-order valence-corrected chi connectivity index (χ3v) is 2.32. The number of halogens is 2. The molecule has 0 aliphatic carbocycles. The van der Waals surface area contributed by atoms with Gasteiger partial charge >= 0.3 is 0 Å². The lowest BCUT2D eigenvalue weighted by atomic mass is 10.1. The Morgan fingerprint density at radius 1 is 1.18 bits per heavy atom. The van der Waals surface area contributed by atoms with Crippen LogP contribution in [-0.2, 0) is 6.42 Å². The van der Waals surface area contributed by atoms with Gasteiger partial charge in [-0.1, -0.05) is 18.2 Å². The van der Waals surface area contributed by atoms with Gasteiger partial charge in [0.25, 0.3) is 0 Å². The molecule has 2 aromatic rings. The van der Waals surface area contributed by atoms with Gasteiger partial charge in [-0.15, -0.1) is 0 Å². The Bertz CT molecular complexity index is 588. The van der Waals surface area contributed by atoms with Crippen molar-refractivity contribution >= 4 is 0 Å². The fraction of sp³-hybridized carbons (Fsp3) is 0.0769. The molecule has 0 atom stereocenters. The summed E-state index contributed by atoms with van der Waals surface area (Å²) >= 11 is 0. The quantitative estimate of drug-likeness (QED) is 0.743. The van der Waals surface area contributed by atoms with Crippen LogP contribution < -0.4 is 0 Å². The molecule has 0 saturated heterocycles. The molecule has 0 aliphatic heterocycles. The van der Waals surface area contributed by atoms with Crippen LogP contribution in [0.25, 0.3) is 11.3 Å². The van der Waals surface area contributed by atoms with E-state index in [4.69, 9.17) is 5.26 Å². The number of pyridine rings is 1. The maximum absolute atomic E-state index is 13.5. The first-order valence-corrected chi connectivity index (χ1v) is 4.99. The van der Waals surface area contributed by atoms with Crippen molar-refractivity contribution in [1.82, 2.24) is 4.98 Å². The van der Waals surface area contributed by atoms with Crippen LogP contribution in [0.5, 0.6) is 0 Å². The standard InChI is InChI=1S/C13H8F2N2/c14-11-3-1-2-10(8-11)12-5-4-9(6-7-16)13(15)17-12/h1-5,8H,6H2. The summed E-state index contributed by atoms with van der Waals surface area (Å²) in [6.45, 7) is 0. The Morgan fingerprint density at radius 3 is 2.65 bits per heavy atom. The Kier molecular flexibility index (Phi) is 3.10. The second kappa shape index (κ2) is 4.71. The van der Waals surface area contributed by atoms with Gasteiger partial charge in [0.2, 0.25) is 5.95 Å². The van der Waals surface area contributed by atoms with E-state index in [1.165, 1.54) is 24.3 Å². The first-order valence-electron chi connectivity index (χ1n) is 4.99. The number of hydrogen-bond donors (Lipinski definition) is 0. The molecule has 4 heteroatoms. The van der Waals surface area contributed by atoms with E-state index in [-0.39, 0.29) is 12.0 Å². The number of hydrogen-bond acceptors (Lipinski definition) is 2. The Labute approximate surface area is 97.2 Å². The molecular formula is C13H8F2N2. The van der Waals surface area contributed by atoms with Gasteiger partial charge in [0.15, 0.2) is 0 Å². The van der Waals surface area contributed by atoms with Crippen molar-refractivity contribution in [3.63, 3.8) is 0 Å². The second-order valence-electron chi connectivity index (χ2n) is 3.49. The van der Waals surface area contributed by atoms with Crippen molar-refractivity contribution in [2.24, 2.45) is 0 Å². The molecule has 2 rings (SSSR count). The van der Waals surface area contributed by atoms with Crippen LogP contribution in [0.1, 0.15) is 5.56 Å². The summed E-state index contributed by atoms with van der Waals surface area (Å²) in [5.74, 6) is -1.08. The highest BCUT2D eigenvalue weighted by Gasteiger charge is 2.07. The van der Waals surface area contributed by atoms with Crippen LogP contribution in [0, 0.1) is 23.1 Å². The summed E-state index contributed by atoms with van der Waals surface area (Å²) in [5.41, 5.74) is 1.10. The summed E-state index contributed by atoms with van der Waals surface area (Å²) in [4.78, 5) is 3.72. The van der Waals surface area contributed by atoms with Crippen LogP contribution in [0.2, 0.25) is 0 Å². The van der Waals surface area contributed by atoms with Gasteiger partial charge in [-0.3, -0.25) is 0 Å². The maximum Gasteiger partial charge on any atom is 0.217 e.